The molecule has 0 saturated heterocycles. The van der Waals surface area contributed by atoms with Crippen molar-refractivity contribution in [2.24, 2.45) is 0 Å². The van der Waals surface area contributed by atoms with E-state index in [1.165, 1.54) is 0 Å². The highest BCUT2D eigenvalue weighted by molar-refractivity contribution is 6.38. The van der Waals surface area contributed by atoms with E-state index in [-0.39, 0.29) is 24.4 Å². The van der Waals surface area contributed by atoms with Crippen molar-refractivity contribution in [2.75, 3.05) is 14.2 Å². The first kappa shape index (κ1) is 15.8. The minimum atomic E-state index is -0.388. The second-order valence-electron chi connectivity index (χ2n) is 4.90. The first-order chi connectivity index (χ1) is 10.6. The lowest BCUT2D eigenvalue weighted by atomic mass is 10.0. The summed E-state index contributed by atoms with van der Waals surface area (Å²) in [6.45, 7) is 0. The minimum Gasteiger partial charge on any atom is -0.497 e. The van der Waals surface area contributed by atoms with Gasteiger partial charge < -0.3 is 9.47 Å². The molecule has 2 aromatic rings. The van der Waals surface area contributed by atoms with Crippen molar-refractivity contribution < 1.29 is 19.1 Å². The first-order valence-electron chi connectivity index (χ1n) is 6.94. The van der Waals surface area contributed by atoms with Gasteiger partial charge in [0.2, 0.25) is 11.6 Å². The summed E-state index contributed by atoms with van der Waals surface area (Å²) in [6, 6.07) is 14.3. The highest BCUT2D eigenvalue weighted by Gasteiger charge is 2.15. The predicted molar refractivity (Wildman–Crippen MR) is 83.4 cm³/mol. The second kappa shape index (κ2) is 7.41. The minimum absolute atomic E-state index is 0.110. The van der Waals surface area contributed by atoms with Crippen LogP contribution in [-0.4, -0.2) is 25.8 Å². The summed E-state index contributed by atoms with van der Waals surface area (Å²) >= 11 is 0. The predicted octanol–water partition coefficient (Wildman–Crippen LogP) is 2.63. The molecular formula is C18H18O4. The summed E-state index contributed by atoms with van der Waals surface area (Å²) < 4.78 is 10.1. The van der Waals surface area contributed by atoms with Gasteiger partial charge in [0.05, 0.1) is 14.2 Å². The molecule has 0 aromatic heterocycles. The molecule has 0 N–H and O–H groups in total. The van der Waals surface area contributed by atoms with Gasteiger partial charge in [-0.25, -0.2) is 0 Å². The number of ketones is 2. The van der Waals surface area contributed by atoms with E-state index in [0.717, 1.165) is 22.6 Å². The number of carbonyl (C=O) groups excluding carboxylic acids is 2. The van der Waals surface area contributed by atoms with Gasteiger partial charge in [0.15, 0.2) is 0 Å². The Hall–Kier alpha value is -2.62. The zero-order valence-electron chi connectivity index (χ0n) is 12.7. The van der Waals surface area contributed by atoms with E-state index in [1.807, 2.05) is 0 Å². The Morgan fingerprint density at radius 3 is 1.27 bits per heavy atom. The van der Waals surface area contributed by atoms with Gasteiger partial charge in [0.25, 0.3) is 0 Å². The molecule has 0 saturated carbocycles. The smallest absolute Gasteiger partial charge is 0.203 e. The molecule has 0 bridgehead atoms. The molecule has 0 unspecified atom stereocenters. The van der Waals surface area contributed by atoms with Crippen LogP contribution in [0.4, 0.5) is 0 Å². The zero-order chi connectivity index (χ0) is 15.9. The number of carbonyl (C=O) groups is 2. The van der Waals surface area contributed by atoms with Crippen LogP contribution in [0.1, 0.15) is 11.1 Å². The third-order valence-electron chi connectivity index (χ3n) is 3.36. The topological polar surface area (TPSA) is 52.6 Å². The summed E-state index contributed by atoms with van der Waals surface area (Å²) in [4.78, 5) is 24.0. The summed E-state index contributed by atoms with van der Waals surface area (Å²) in [7, 11) is 3.16. The van der Waals surface area contributed by atoms with E-state index in [9.17, 15) is 9.59 Å². The van der Waals surface area contributed by atoms with Crippen molar-refractivity contribution in [2.45, 2.75) is 12.8 Å². The monoisotopic (exact) mass is 298 g/mol. The van der Waals surface area contributed by atoms with Gasteiger partial charge >= 0.3 is 0 Å². The molecule has 4 heteroatoms. The van der Waals surface area contributed by atoms with Crippen molar-refractivity contribution in [1.82, 2.24) is 0 Å². The maximum atomic E-state index is 12.0. The molecule has 0 fully saturated rings. The van der Waals surface area contributed by atoms with Crippen LogP contribution in [-0.2, 0) is 22.4 Å². The number of hydrogen-bond donors (Lipinski definition) is 0. The Balaban J connectivity index is 1.94. The normalized spacial score (nSPS) is 10.1. The Morgan fingerprint density at radius 2 is 1.00 bits per heavy atom. The molecule has 0 heterocycles. The number of Topliss-reactive ketones (excluding diaryl/α,β-unsaturated/α-hetero) is 2. The lowest BCUT2D eigenvalue weighted by Gasteiger charge is -2.04. The molecule has 0 amide bonds. The van der Waals surface area contributed by atoms with E-state index in [1.54, 1.807) is 62.8 Å². The molecule has 2 rings (SSSR count). The van der Waals surface area contributed by atoms with E-state index in [4.69, 9.17) is 9.47 Å². The van der Waals surface area contributed by atoms with Gasteiger partial charge in [-0.15, -0.1) is 0 Å². The van der Waals surface area contributed by atoms with Crippen LogP contribution in [0, 0.1) is 0 Å². The van der Waals surface area contributed by atoms with Crippen LogP contribution in [0.2, 0.25) is 0 Å². The molecule has 0 aliphatic rings. The molecule has 0 aliphatic carbocycles. The van der Waals surface area contributed by atoms with Crippen LogP contribution in [0.5, 0.6) is 11.5 Å². The molecule has 0 atom stereocenters. The molecule has 114 valence electrons. The fourth-order valence-corrected chi connectivity index (χ4v) is 2.05. The highest BCUT2D eigenvalue weighted by Crippen LogP contribution is 2.14. The quantitative estimate of drug-likeness (QED) is 0.737. The Labute approximate surface area is 129 Å². The number of ether oxygens (including phenoxy) is 2. The van der Waals surface area contributed by atoms with E-state index in [2.05, 4.69) is 0 Å². The fourth-order valence-electron chi connectivity index (χ4n) is 2.05. The van der Waals surface area contributed by atoms with Gasteiger partial charge in [-0.1, -0.05) is 24.3 Å². The number of methoxy groups -OCH3 is 2. The van der Waals surface area contributed by atoms with Gasteiger partial charge in [-0.05, 0) is 35.4 Å². The van der Waals surface area contributed by atoms with Crippen LogP contribution in [0.3, 0.4) is 0 Å². The lowest BCUT2D eigenvalue weighted by molar-refractivity contribution is -0.135. The third kappa shape index (κ3) is 4.19. The SMILES string of the molecule is COc1ccc(CC(=O)C(=O)Cc2ccc(OC)cc2)cc1. The van der Waals surface area contributed by atoms with Crippen molar-refractivity contribution in [3.05, 3.63) is 59.7 Å². The van der Waals surface area contributed by atoms with Crippen molar-refractivity contribution in [3.8, 4) is 11.5 Å². The largest absolute Gasteiger partial charge is 0.497 e. The Bertz CT molecular complexity index is 582. The average molecular weight is 298 g/mol. The molecule has 2 aromatic carbocycles. The summed E-state index contributed by atoms with van der Waals surface area (Å²) in [5.41, 5.74) is 1.60. The second-order valence-corrected chi connectivity index (χ2v) is 4.90. The lowest BCUT2D eigenvalue weighted by Crippen LogP contribution is -2.18. The zero-order valence-corrected chi connectivity index (χ0v) is 12.7. The molecule has 4 nitrogen and oxygen atoms in total. The number of benzene rings is 2. The Morgan fingerprint density at radius 1 is 0.682 bits per heavy atom. The molecule has 0 spiro atoms. The maximum Gasteiger partial charge on any atom is 0.203 e. The number of rotatable bonds is 7. The van der Waals surface area contributed by atoms with Gasteiger partial charge in [-0.2, -0.15) is 0 Å². The average Bonchev–Trinajstić information content (AvgIpc) is 2.56. The summed E-state index contributed by atoms with van der Waals surface area (Å²) in [5, 5.41) is 0. The van der Waals surface area contributed by atoms with Crippen LogP contribution in [0.15, 0.2) is 48.5 Å². The van der Waals surface area contributed by atoms with Crippen LogP contribution in [0.25, 0.3) is 0 Å². The summed E-state index contributed by atoms with van der Waals surface area (Å²) in [6.07, 6.45) is 0.220. The molecule has 22 heavy (non-hydrogen) atoms. The fraction of sp³-hybridized carbons (Fsp3) is 0.222. The first-order valence-corrected chi connectivity index (χ1v) is 6.94. The third-order valence-corrected chi connectivity index (χ3v) is 3.36. The standard InChI is InChI=1S/C18H18O4/c1-21-15-7-3-13(4-8-15)11-17(19)18(20)12-14-5-9-16(22-2)10-6-14/h3-10H,11-12H2,1-2H3. The van der Waals surface area contributed by atoms with Crippen LogP contribution >= 0.6 is 0 Å². The molecule has 0 radical (unpaired) electrons. The van der Waals surface area contributed by atoms with Crippen molar-refractivity contribution >= 4 is 11.6 Å². The van der Waals surface area contributed by atoms with Gasteiger partial charge in [0, 0.05) is 12.8 Å². The van der Waals surface area contributed by atoms with E-state index < -0.39 is 0 Å². The maximum absolute atomic E-state index is 12.0. The van der Waals surface area contributed by atoms with Gasteiger partial charge in [0.1, 0.15) is 11.5 Å². The molecular weight excluding hydrogens is 280 g/mol. The van der Waals surface area contributed by atoms with E-state index >= 15 is 0 Å². The number of hydrogen-bond acceptors (Lipinski definition) is 4. The van der Waals surface area contributed by atoms with E-state index in [0.29, 0.717) is 0 Å². The summed E-state index contributed by atoms with van der Waals surface area (Å²) in [5.74, 6) is 0.670. The Kier molecular flexibility index (Phi) is 5.31. The highest BCUT2D eigenvalue weighted by atomic mass is 16.5. The van der Waals surface area contributed by atoms with Crippen molar-refractivity contribution in [1.29, 1.82) is 0 Å². The van der Waals surface area contributed by atoms with Crippen LogP contribution < -0.4 is 9.47 Å². The van der Waals surface area contributed by atoms with Crippen molar-refractivity contribution in [3.63, 3.8) is 0 Å². The molecule has 0 aliphatic heterocycles. The van der Waals surface area contributed by atoms with Gasteiger partial charge in [-0.3, -0.25) is 9.59 Å².